The van der Waals surface area contributed by atoms with Gasteiger partial charge < -0.3 is 0 Å². The molecule has 0 radical (unpaired) electrons. The minimum absolute atomic E-state index is 0.331. The van der Waals surface area contributed by atoms with E-state index in [1.165, 1.54) is 16.7 Å². The summed E-state index contributed by atoms with van der Waals surface area (Å²) in [4.78, 5) is 4.69. The van der Waals surface area contributed by atoms with Crippen molar-refractivity contribution in [2.75, 3.05) is 0 Å². The van der Waals surface area contributed by atoms with E-state index in [0.717, 1.165) is 25.0 Å². The molecule has 0 aromatic heterocycles. The van der Waals surface area contributed by atoms with Crippen molar-refractivity contribution in [3.8, 4) is 11.8 Å². The Hall–Kier alpha value is -1.81. The second-order valence-corrected chi connectivity index (χ2v) is 4.88. The van der Waals surface area contributed by atoms with Crippen LogP contribution in [-0.2, 0) is 6.42 Å². The van der Waals surface area contributed by atoms with Gasteiger partial charge in [-0.3, -0.25) is 4.99 Å². The predicted molar refractivity (Wildman–Crippen MR) is 82.4 cm³/mol. The van der Waals surface area contributed by atoms with Crippen molar-refractivity contribution in [1.82, 2.24) is 0 Å². The second-order valence-electron chi connectivity index (χ2n) is 4.88. The minimum atomic E-state index is 0.331. The van der Waals surface area contributed by atoms with Crippen LogP contribution in [0.5, 0.6) is 0 Å². The van der Waals surface area contributed by atoms with Crippen LogP contribution in [0.1, 0.15) is 50.7 Å². The van der Waals surface area contributed by atoms with Crippen LogP contribution in [0.4, 0.5) is 0 Å². The highest BCUT2D eigenvalue weighted by Crippen LogP contribution is 2.34. The molecule has 1 aliphatic carbocycles. The Morgan fingerprint density at radius 2 is 2.11 bits per heavy atom. The number of fused-ring (bicyclic) bond motifs is 1. The summed E-state index contributed by atoms with van der Waals surface area (Å²) in [6, 6.07) is 8.70. The van der Waals surface area contributed by atoms with E-state index < -0.39 is 0 Å². The lowest BCUT2D eigenvalue weighted by Crippen LogP contribution is -1.99. The summed E-state index contributed by atoms with van der Waals surface area (Å²) in [5.74, 6) is 6.63. The summed E-state index contributed by atoms with van der Waals surface area (Å²) in [5.41, 5.74) is 5.20. The zero-order chi connectivity index (χ0) is 13.7. The molecule has 98 valence electrons. The average molecular weight is 251 g/mol. The SMILES string of the molecule is CC#CC1=C(N=CCC)[C@@H](C)c2ccccc2CC1. The van der Waals surface area contributed by atoms with Gasteiger partial charge in [0.05, 0.1) is 5.70 Å². The van der Waals surface area contributed by atoms with Gasteiger partial charge in [-0.05, 0) is 37.3 Å². The summed E-state index contributed by atoms with van der Waals surface area (Å²) < 4.78 is 0. The molecule has 1 aromatic carbocycles. The van der Waals surface area contributed by atoms with E-state index in [1.807, 2.05) is 13.1 Å². The molecule has 0 heterocycles. The molecule has 0 saturated heterocycles. The Morgan fingerprint density at radius 3 is 2.84 bits per heavy atom. The maximum Gasteiger partial charge on any atom is 0.0587 e. The standard InChI is InChI=1S/C18H21N/c1-4-8-16-12-11-15-9-6-7-10-17(15)14(3)18(16)19-13-5-2/h6-7,9-10,13-14H,5,11-12H2,1-3H3/t14-/m0/s1. The molecular formula is C18H21N. The van der Waals surface area contributed by atoms with E-state index in [0.29, 0.717) is 5.92 Å². The highest BCUT2D eigenvalue weighted by molar-refractivity contribution is 5.60. The maximum absolute atomic E-state index is 4.69. The monoisotopic (exact) mass is 251 g/mol. The van der Waals surface area contributed by atoms with Gasteiger partial charge >= 0.3 is 0 Å². The number of aliphatic imine (C=N–C) groups is 1. The van der Waals surface area contributed by atoms with Crippen LogP contribution in [0, 0.1) is 11.8 Å². The van der Waals surface area contributed by atoms with Crippen LogP contribution < -0.4 is 0 Å². The van der Waals surface area contributed by atoms with Crippen LogP contribution in [0.2, 0.25) is 0 Å². The lowest BCUT2D eigenvalue weighted by atomic mass is 9.93. The number of aryl methyl sites for hydroxylation is 1. The number of benzene rings is 1. The molecule has 1 atom stereocenters. The highest BCUT2D eigenvalue weighted by Gasteiger charge is 2.21. The van der Waals surface area contributed by atoms with Gasteiger partial charge in [0, 0.05) is 17.7 Å². The molecule has 1 aromatic rings. The third kappa shape index (κ3) is 2.96. The molecular weight excluding hydrogens is 230 g/mol. The van der Waals surface area contributed by atoms with Gasteiger partial charge in [-0.1, -0.05) is 44.0 Å². The van der Waals surface area contributed by atoms with E-state index in [1.54, 1.807) is 0 Å². The van der Waals surface area contributed by atoms with Crippen molar-refractivity contribution in [3.05, 3.63) is 46.7 Å². The molecule has 0 unspecified atom stereocenters. The van der Waals surface area contributed by atoms with Crippen LogP contribution in [0.25, 0.3) is 0 Å². The molecule has 0 aliphatic heterocycles. The van der Waals surface area contributed by atoms with Gasteiger partial charge in [0.2, 0.25) is 0 Å². The molecule has 1 nitrogen and oxygen atoms in total. The third-order valence-corrected chi connectivity index (χ3v) is 3.57. The Kier molecular flexibility index (Phi) is 4.58. The van der Waals surface area contributed by atoms with Gasteiger partial charge in [-0.15, -0.1) is 5.92 Å². The minimum Gasteiger partial charge on any atom is -0.264 e. The fourth-order valence-corrected chi connectivity index (χ4v) is 2.64. The first-order valence-electron chi connectivity index (χ1n) is 7.04. The molecule has 1 aliphatic rings. The fraction of sp³-hybridized carbons (Fsp3) is 0.389. The quantitative estimate of drug-likeness (QED) is 0.542. The Morgan fingerprint density at radius 1 is 1.32 bits per heavy atom. The fourth-order valence-electron chi connectivity index (χ4n) is 2.64. The van der Waals surface area contributed by atoms with Crippen LogP contribution in [-0.4, -0.2) is 6.21 Å². The maximum atomic E-state index is 4.69. The summed E-state index contributed by atoms with van der Waals surface area (Å²) in [5, 5.41) is 0. The Balaban J connectivity index is 2.51. The van der Waals surface area contributed by atoms with E-state index >= 15 is 0 Å². The van der Waals surface area contributed by atoms with Crippen LogP contribution >= 0.6 is 0 Å². The zero-order valence-electron chi connectivity index (χ0n) is 12.0. The van der Waals surface area contributed by atoms with Crippen molar-refractivity contribution in [3.63, 3.8) is 0 Å². The van der Waals surface area contributed by atoms with Gasteiger partial charge in [0.25, 0.3) is 0 Å². The third-order valence-electron chi connectivity index (χ3n) is 3.57. The molecule has 1 heteroatoms. The second kappa shape index (κ2) is 6.38. The normalized spacial score (nSPS) is 18.8. The Bertz CT molecular complexity index is 567. The first-order chi connectivity index (χ1) is 9.27. The molecule has 0 fully saturated rings. The van der Waals surface area contributed by atoms with E-state index in [-0.39, 0.29) is 0 Å². The number of nitrogens with zero attached hydrogens (tertiary/aromatic N) is 1. The summed E-state index contributed by atoms with van der Waals surface area (Å²) in [6.45, 7) is 6.26. The Labute approximate surface area is 116 Å². The zero-order valence-corrected chi connectivity index (χ0v) is 12.0. The van der Waals surface area contributed by atoms with Crippen molar-refractivity contribution in [1.29, 1.82) is 0 Å². The number of allylic oxidation sites excluding steroid dienone is 2. The van der Waals surface area contributed by atoms with Crippen LogP contribution in [0.3, 0.4) is 0 Å². The highest BCUT2D eigenvalue weighted by atomic mass is 14.7. The molecule has 19 heavy (non-hydrogen) atoms. The predicted octanol–water partition coefficient (Wildman–Crippen LogP) is 4.49. The van der Waals surface area contributed by atoms with E-state index in [2.05, 4.69) is 50.0 Å². The number of hydrogen-bond donors (Lipinski definition) is 0. The molecule has 0 spiro atoms. The molecule has 0 saturated carbocycles. The molecule has 2 rings (SSSR count). The largest absolute Gasteiger partial charge is 0.264 e. The topological polar surface area (TPSA) is 12.4 Å². The molecule has 0 bridgehead atoms. The van der Waals surface area contributed by atoms with E-state index in [4.69, 9.17) is 4.99 Å². The smallest absolute Gasteiger partial charge is 0.0587 e. The van der Waals surface area contributed by atoms with Gasteiger partial charge in [0.15, 0.2) is 0 Å². The lowest BCUT2D eigenvalue weighted by Gasteiger charge is -2.14. The van der Waals surface area contributed by atoms with Crippen molar-refractivity contribution in [2.24, 2.45) is 4.99 Å². The average Bonchev–Trinajstić information content (AvgIpc) is 2.56. The lowest BCUT2D eigenvalue weighted by molar-refractivity contribution is 0.869. The van der Waals surface area contributed by atoms with Crippen molar-refractivity contribution in [2.45, 2.75) is 46.0 Å². The van der Waals surface area contributed by atoms with Crippen molar-refractivity contribution < 1.29 is 0 Å². The van der Waals surface area contributed by atoms with Gasteiger partial charge in [-0.25, -0.2) is 0 Å². The number of hydrogen-bond acceptors (Lipinski definition) is 1. The first kappa shape index (κ1) is 13.6. The van der Waals surface area contributed by atoms with Crippen molar-refractivity contribution >= 4 is 6.21 Å². The van der Waals surface area contributed by atoms with Gasteiger partial charge in [-0.2, -0.15) is 0 Å². The van der Waals surface area contributed by atoms with Crippen LogP contribution in [0.15, 0.2) is 40.5 Å². The number of rotatable bonds is 2. The molecule has 0 amide bonds. The summed E-state index contributed by atoms with van der Waals surface area (Å²) >= 11 is 0. The summed E-state index contributed by atoms with van der Waals surface area (Å²) in [7, 11) is 0. The van der Waals surface area contributed by atoms with Gasteiger partial charge in [0.1, 0.15) is 0 Å². The molecule has 0 N–H and O–H groups in total. The van der Waals surface area contributed by atoms with E-state index in [9.17, 15) is 0 Å². The summed E-state index contributed by atoms with van der Waals surface area (Å²) in [6.07, 6.45) is 5.02. The first-order valence-corrected chi connectivity index (χ1v) is 7.04.